The average Bonchev–Trinajstić information content (AvgIpc) is 2.93. The predicted molar refractivity (Wildman–Crippen MR) is 153 cm³/mol. The molecule has 3 aliphatic rings. The molecule has 0 N–H and O–H groups in total. The Balaban J connectivity index is 2.06. The molecule has 4 heteroatoms. The molecule has 0 aromatic carbocycles. The second-order valence-corrected chi connectivity index (χ2v) is 25.5. The lowest BCUT2D eigenvalue weighted by Gasteiger charge is -2.55. The fraction of sp³-hybridized carbons (Fsp3) is 0.933. The van der Waals surface area contributed by atoms with Crippen LogP contribution < -0.4 is 0 Å². The minimum absolute atomic E-state index is 0.179. The van der Waals surface area contributed by atoms with Crippen molar-refractivity contribution in [2.24, 2.45) is 22.7 Å². The molecule has 0 saturated heterocycles. The van der Waals surface area contributed by atoms with E-state index >= 15 is 0 Å². The van der Waals surface area contributed by atoms with Gasteiger partial charge in [-0.05, 0) is 97.5 Å². The van der Waals surface area contributed by atoms with E-state index in [1.807, 2.05) is 0 Å². The Bertz CT molecular complexity index is 768. The Morgan fingerprint density at radius 2 is 1.41 bits per heavy atom. The molecule has 0 heterocycles. The molecule has 0 amide bonds. The van der Waals surface area contributed by atoms with Crippen LogP contribution >= 0.6 is 0 Å². The van der Waals surface area contributed by atoms with E-state index in [0.29, 0.717) is 23.5 Å². The molecule has 5 atom stereocenters. The van der Waals surface area contributed by atoms with E-state index in [4.69, 9.17) is 8.85 Å². The van der Waals surface area contributed by atoms with Crippen molar-refractivity contribution < 1.29 is 8.85 Å². The van der Waals surface area contributed by atoms with Crippen LogP contribution in [0.25, 0.3) is 0 Å². The van der Waals surface area contributed by atoms with Crippen LogP contribution in [-0.2, 0) is 8.85 Å². The summed E-state index contributed by atoms with van der Waals surface area (Å²) in [5, 5.41) is 0.480. The third kappa shape index (κ3) is 5.22. The maximum atomic E-state index is 7.47. The fourth-order valence-corrected chi connectivity index (χ4v) is 9.40. The molecular formula is C30H58O2Si2. The smallest absolute Gasteiger partial charge is 0.192 e. The predicted octanol–water partition coefficient (Wildman–Crippen LogP) is 9.73. The third-order valence-corrected chi connectivity index (χ3v) is 20.4. The first-order valence-corrected chi connectivity index (χ1v) is 20.1. The molecule has 0 aromatic rings. The first-order chi connectivity index (χ1) is 15.2. The zero-order valence-electron chi connectivity index (χ0n) is 25.2. The molecule has 1 unspecified atom stereocenters. The zero-order valence-corrected chi connectivity index (χ0v) is 27.2. The van der Waals surface area contributed by atoms with Crippen molar-refractivity contribution in [2.45, 2.75) is 156 Å². The van der Waals surface area contributed by atoms with E-state index in [0.717, 1.165) is 5.92 Å². The van der Waals surface area contributed by atoms with Gasteiger partial charge in [0.25, 0.3) is 0 Å². The van der Waals surface area contributed by atoms with Crippen molar-refractivity contribution in [1.29, 1.82) is 0 Å². The van der Waals surface area contributed by atoms with Crippen LogP contribution in [0.1, 0.15) is 107 Å². The number of hydrogen-bond donors (Lipinski definition) is 0. The summed E-state index contributed by atoms with van der Waals surface area (Å²) in [7, 11) is -3.73. The van der Waals surface area contributed by atoms with Crippen LogP contribution in [0.5, 0.6) is 0 Å². The Morgan fingerprint density at radius 3 is 1.97 bits per heavy atom. The summed E-state index contributed by atoms with van der Waals surface area (Å²) < 4.78 is 14.7. The Labute approximate surface area is 215 Å². The highest BCUT2D eigenvalue weighted by Crippen LogP contribution is 2.58. The number of hydrogen-bond acceptors (Lipinski definition) is 2. The van der Waals surface area contributed by atoms with Gasteiger partial charge in [0.05, 0.1) is 6.10 Å². The molecule has 2 nitrogen and oxygen atoms in total. The Hall–Kier alpha value is 0.0938. The van der Waals surface area contributed by atoms with Gasteiger partial charge in [-0.25, -0.2) is 0 Å². The second kappa shape index (κ2) is 9.13. The van der Waals surface area contributed by atoms with Gasteiger partial charge in [-0.15, -0.1) is 0 Å². The van der Waals surface area contributed by atoms with Crippen LogP contribution in [0.2, 0.25) is 36.3 Å². The minimum atomic E-state index is -1.89. The zero-order chi connectivity index (χ0) is 26.0. The molecule has 34 heavy (non-hydrogen) atoms. The molecular weight excluding hydrogens is 449 g/mol. The summed E-state index contributed by atoms with van der Waals surface area (Å²) in [6, 6.07) is 0. The van der Waals surface area contributed by atoms with Gasteiger partial charge < -0.3 is 8.85 Å². The largest absolute Gasteiger partial charge is 0.414 e. The molecule has 0 aliphatic heterocycles. The van der Waals surface area contributed by atoms with Gasteiger partial charge in [0, 0.05) is 6.10 Å². The summed E-state index contributed by atoms with van der Waals surface area (Å²) in [6.07, 6.45) is 12.1. The highest BCUT2D eigenvalue weighted by Gasteiger charge is 2.55. The number of fused-ring (bicyclic) bond motifs is 3. The quantitative estimate of drug-likeness (QED) is 0.279. The van der Waals surface area contributed by atoms with Crippen LogP contribution in [-0.4, -0.2) is 28.8 Å². The molecule has 0 radical (unpaired) electrons. The van der Waals surface area contributed by atoms with Crippen molar-refractivity contribution in [2.75, 3.05) is 0 Å². The average molecular weight is 507 g/mol. The standard InChI is InChI=1S/C30H58O2Si2/c1-27(2,3)33(10,11)31-25-15-14-20-30(9)24(25)19-18-22-16-17-23(29(22,7)8)21-26(30)32-34(12,13)28(4,5)6/h18,23-26H,14-17,19-21H2,1-13H3/b22-18+/t23?,24-,25-,26+,30-/m1/s1. The number of allylic oxidation sites excluding steroid dienone is 2. The van der Waals surface area contributed by atoms with Gasteiger partial charge in [-0.1, -0.05) is 80.4 Å². The van der Waals surface area contributed by atoms with Gasteiger partial charge >= 0.3 is 0 Å². The van der Waals surface area contributed by atoms with Crippen LogP contribution in [0, 0.1) is 22.7 Å². The molecule has 0 spiro atoms. The highest BCUT2D eigenvalue weighted by atomic mass is 28.4. The lowest BCUT2D eigenvalue weighted by molar-refractivity contribution is -0.0861. The van der Waals surface area contributed by atoms with Crippen molar-refractivity contribution >= 4 is 16.6 Å². The lowest BCUT2D eigenvalue weighted by Crippen LogP contribution is -2.56. The van der Waals surface area contributed by atoms with E-state index in [1.165, 1.54) is 44.9 Å². The second-order valence-electron chi connectivity index (χ2n) is 15.9. The molecule has 198 valence electrons. The summed E-state index contributed by atoms with van der Waals surface area (Å²) >= 11 is 0. The van der Waals surface area contributed by atoms with Crippen molar-refractivity contribution in [3.63, 3.8) is 0 Å². The van der Waals surface area contributed by atoms with Crippen LogP contribution in [0.15, 0.2) is 11.6 Å². The minimum Gasteiger partial charge on any atom is -0.414 e. The molecule has 3 aliphatic carbocycles. The molecule has 0 aromatic heterocycles. The maximum absolute atomic E-state index is 7.47. The molecule has 2 saturated carbocycles. The number of rotatable bonds is 4. The van der Waals surface area contributed by atoms with Crippen LogP contribution in [0.4, 0.5) is 0 Å². The Kier molecular flexibility index (Phi) is 7.70. The first-order valence-electron chi connectivity index (χ1n) is 14.3. The van der Waals surface area contributed by atoms with E-state index < -0.39 is 16.6 Å². The van der Waals surface area contributed by atoms with E-state index in [1.54, 1.807) is 5.57 Å². The van der Waals surface area contributed by atoms with Gasteiger partial charge in [0.2, 0.25) is 0 Å². The van der Waals surface area contributed by atoms with Crippen molar-refractivity contribution in [3.8, 4) is 0 Å². The topological polar surface area (TPSA) is 18.5 Å². The maximum Gasteiger partial charge on any atom is 0.192 e. The summed E-state index contributed by atoms with van der Waals surface area (Å²) in [4.78, 5) is 0. The summed E-state index contributed by atoms with van der Waals surface area (Å²) in [5.41, 5.74) is 2.19. The fourth-order valence-electron chi connectivity index (χ4n) is 6.58. The third-order valence-electron chi connectivity index (χ3n) is 11.5. The molecule has 3 rings (SSSR count). The van der Waals surface area contributed by atoms with Gasteiger partial charge in [0.1, 0.15) is 0 Å². The first kappa shape index (κ1) is 28.7. The summed E-state index contributed by atoms with van der Waals surface area (Å²) in [5.74, 6) is 1.28. The monoisotopic (exact) mass is 506 g/mol. The lowest BCUT2D eigenvalue weighted by atomic mass is 9.60. The van der Waals surface area contributed by atoms with Gasteiger partial charge in [-0.3, -0.25) is 0 Å². The van der Waals surface area contributed by atoms with E-state index in [-0.39, 0.29) is 15.5 Å². The van der Waals surface area contributed by atoms with Gasteiger partial charge in [-0.2, -0.15) is 0 Å². The van der Waals surface area contributed by atoms with Crippen molar-refractivity contribution in [3.05, 3.63) is 11.6 Å². The Morgan fingerprint density at radius 1 is 0.853 bits per heavy atom. The normalized spacial score (nSPS) is 36.7. The molecule has 2 fully saturated rings. The van der Waals surface area contributed by atoms with Crippen molar-refractivity contribution in [1.82, 2.24) is 0 Å². The van der Waals surface area contributed by atoms with E-state index in [9.17, 15) is 0 Å². The SMILES string of the molecule is CC1(C)/C2=C/C[C@@H]3[C@H](O[Si](C)(C)C(C)(C)C)CCC[C@@]3(C)[C@@H](O[Si](C)(C)C(C)(C)C)CC1CC2. The van der Waals surface area contributed by atoms with Gasteiger partial charge in [0.15, 0.2) is 16.6 Å². The summed E-state index contributed by atoms with van der Waals surface area (Å²) in [6.45, 7) is 31.8. The molecule has 2 bridgehead atoms. The highest BCUT2D eigenvalue weighted by molar-refractivity contribution is 6.74. The van der Waals surface area contributed by atoms with Crippen LogP contribution in [0.3, 0.4) is 0 Å². The van der Waals surface area contributed by atoms with E-state index in [2.05, 4.69) is 94.6 Å².